The summed E-state index contributed by atoms with van der Waals surface area (Å²) in [5.41, 5.74) is 6.37. The molecular formula is C21H32N4O3. The van der Waals surface area contributed by atoms with Gasteiger partial charge in [0.25, 0.3) is 5.91 Å². The van der Waals surface area contributed by atoms with Crippen molar-refractivity contribution < 1.29 is 14.3 Å². The van der Waals surface area contributed by atoms with E-state index in [1.807, 2.05) is 23.1 Å². The SMILES string of the molecule is CCN1CCC2(CCC1=O)CN(Cc1cccc(OCC(N)=O)c1)CCN2C. The molecule has 7 heteroatoms. The fourth-order valence-corrected chi connectivity index (χ4v) is 4.39. The number of ether oxygens (including phenoxy) is 1. The average Bonchev–Trinajstić information content (AvgIpc) is 2.83. The first-order valence-electron chi connectivity index (χ1n) is 10.1. The fraction of sp³-hybridized carbons (Fsp3) is 0.619. The van der Waals surface area contributed by atoms with Crippen LogP contribution in [0.3, 0.4) is 0 Å². The number of nitrogens with two attached hydrogens (primary N) is 1. The van der Waals surface area contributed by atoms with E-state index >= 15 is 0 Å². The van der Waals surface area contributed by atoms with Crippen LogP contribution in [0.25, 0.3) is 0 Å². The van der Waals surface area contributed by atoms with Crippen LogP contribution in [0.5, 0.6) is 5.75 Å². The molecule has 28 heavy (non-hydrogen) atoms. The number of likely N-dealkylation sites (N-methyl/N-ethyl adjacent to an activating group) is 1. The minimum atomic E-state index is -0.476. The highest BCUT2D eigenvalue weighted by atomic mass is 16.5. The third-order valence-electron chi connectivity index (χ3n) is 6.15. The lowest BCUT2D eigenvalue weighted by Gasteiger charge is -2.49. The van der Waals surface area contributed by atoms with E-state index in [1.54, 1.807) is 0 Å². The highest BCUT2D eigenvalue weighted by Crippen LogP contribution is 2.32. The van der Waals surface area contributed by atoms with Crippen LogP contribution in [-0.4, -0.2) is 78.4 Å². The van der Waals surface area contributed by atoms with E-state index in [4.69, 9.17) is 10.5 Å². The van der Waals surface area contributed by atoms with Gasteiger partial charge in [0.2, 0.25) is 5.91 Å². The van der Waals surface area contributed by atoms with Gasteiger partial charge in [0.15, 0.2) is 6.61 Å². The summed E-state index contributed by atoms with van der Waals surface area (Å²) in [4.78, 5) is 30.2. The molecule has 3 rings (SSSR count). The Morgan fingerprint density at radius 1 is 1.25 bits per heavy atom. The van der Waals surface area contributed by atoms with E-state index in [-0.39, 0.29) is 18.1 Å². The number of amides is 2. The van der Waals surface area contributed by atoms with Crippen molar-refractivity contribution in [2.24, 2.45) is 5.73 Å². The maximum Gasteiger partial charge on any atom is 0.255 e. The minimum absolute atomic E-state index is 0.0535. The first-order chi connectivity index (χ1) is 13.4. The molecule has 2 saturated heterocycles. The minimum Gasteiger partial charge on any atom is -0.484 e. The lowest BCUT2D eigenvalue weighted by Crippen LogP contribution is -2.60. The zero-order valence-electron chi connectivity index (χ0n) is 17.0. The Kier molecular flexibility index (Phi) is 6.57. The molecule has 2 amide bonds. The molecule has 0 bridgehead atoms. The Hall–Kier alpha value is -2.12. The molecule has 1 spiro atoms. The lowest BCUT2D eigenvalue weighted by molar-refractivity contribution is -0.130. The van der Waals surface area contributed by atoms with Gasteiger partial charge >= 0.3 is 0 Å². The van der Waals surface area contributed by atoms with Crippen LogP contribution in [-0.2, 0) is 16.1 Å². The van der Waals surface area contributed by atoms with Crippen molar-refractivity contribution in [3.8, 4) is 5.75 Å². The van der Waals surface area contributed by atoms with E-state index in [1.165, 1.54) is 0 Å². The third-order valence-corrected chi connectivity index (χ3v) is 6.15. The van der Waals surface area contributed by atoms with Crippen LogP contribution >= 0.6 is 0 Å². The number of carbonyl (C=O) groups excluding carboxylic acids is 2. The lowest BCUT2D eigenvalue weighted by atomic mass is 9.86. The molecule has 1 atom stereocenters. The number of primary amides is 1. The fourth-order valence-electron chi connectivity index (χ4n) is 4.39. The molecule has 2 fully saturated rings. The standard InChI is InChI=1S/C21H32N4O3/c1-3-25-10-9-21(8-7-20(25)27)16-24(12-11-23(21)2)14-17-5-4-6-18(13-17)28-15-19(22)26/h4-6,13H,3,7-12,14-16H2,1-2H3,(H2,22,26). The van der Waals surface area contributed by atoms with E-state index in [0.29, 0.717) is 12.2 Å². The average molecular weight is 389 g/mol. The van der Waals surface area contributed by atoms with Gasteiger partial charge in [-0.1, -0.05) is 12.1 Å². The monoisotopic (exact) mass is 388 g/mol. The van der Waals surface area contributed by atoms with Crippen molar-refractivity contribution in [3.63, 3.8) is 0 Å². The van der Waals surface area contributed by atoms with Crippen molar-refractivity contribution in [3.05, 3.63) is 29.8 Å². The summed E-state index contributed by atoms with van der Waals surface area (Å²) in [7, 11) is 2.20. The number of benzene rings is 1. The van der Waals surface area contributed by atoms with Gasteiger partial charge in [-0.25, -0.2) is 0 Å². The second-order valence-electron chi connectivity index (χ2n) is 7.98. The van der Waals surface area contributed by atoms with E-state index in [2.05, 4.69) is 29.8 Å². The zero-order valence-corrected chi connectivity index (χ0v) is 17.0. The topological polar surface area (TPSA) is 79.1 Å². The Balaban J connectivity index is 1.67. The van der Waals surface area contributed by atoms with Crippen molar-refractivity contribution >= 4 is 11.8 Å². The molecule has 2 aliphatic rings. The molecule has 1 aromatic rings. The van der Waals surface area contributed by atoms with Crippen LogP contribution < -0.4 is 10.5 Å². The molecule has 0 radical (unpaired) electrons. The molecule has 2 aliphatic heterocycles. The van der Waals surface area contributed by atoms with Gasteiger partial charge in [0.05, 0.1) is 0 Å². The molecule has 2 heterocycles. The molecule has 0 aromatic heterocycles. The van der Waals surface area contributed by atoms with Crippen LogP contribution in [0.15, 0.2) is 24.3 Å². The molecule has 0 aliphatic carbocycles. The number of rotatable bonds is 6. The predicted molar refractivity (Wildman–Crippen MR) is 108 cm³/mol. The zero-order chi connectivity index (χ0) is 20.1. The summed E-state index contributed by atoms with van der Waals surface area (Å²) >= 11 is 0. The Bertz CT molecular complexity index is 711. The Labute approximate surface area is 167 Å². The van der Waals surface area contributed by atoms with Crippen molar-refractivity contribution in [2.75, 3.05) is 46.4 Å². The summed E-state index contributed by atoms with van der Waals surface area (Å²) in [6.07, 6.45) is 2.56. The largest absolute Gasteiger partial charge is 0.484 e. The molecule has 154 valence electrons. The number of hydrogen-bond donors (Lipinski definition) is 1. The predicted octanol–water partition coefficient (Wildman–Crippen LogP) is 1.07. The van der Waals surface area contributed by atoms with E-state index in [0.717, 1.165) is 57.7 Å². The molecule has 2 N–H and O–H groups in total. The number of hydrogen-bond acceptors (Lipinski definition) is 5. The van der Waals surface area contributed by atoms with Gasteiger partial charge in [-0.2, -0.15) is 0 Å². The molecule has 1 aromatic carbocycles. The molecule has 0 saturated carbocycles. The third kappa shape index (κ3) is 4.83. The van der Waals surface area contributed by atoms with Gasteiger partial charge in [-0.3, -0.25) is 19.4 Å². The quantitative estimate of drug-likeness (QED) is 0.789. The van der Waals surface area contributed by atoms with Gasteiger partial charge < -0.3 is 15.4 Å². The highest BCUT2D eigenvalue weighted by Gasteiger charge is 2.41. The van der Waals surface area contributed by atoms with Crippen LogP contribution in [0.2, 0.25) is 0 Å². The number of nitrogens with zero attached hydrogens (tertiary/aromatic N) is 3. The van der Waals surface area contributed by atoms with Crippen molar-refractivity contribution in [1.29, 1.82) is 0 Å². The first kappa shape index (κ1) is 20.6. The van der Waals surface area contributed by atoms with Gasteiger partial charge in [-0.15, -0.1) is 0 Å². The van der Waals surface area contributed by atoms with Gasteiger partial charge in [0.1, 0.15) is 5.75 Å². The summed E-state index contributed by atoms with van der Waals surface area (Å²) in [5.74, 6) is 0.471. The molecule has 7 nitrogen and oxygen atoms in total. The van der Waals surface area contributed by atoms with Crippen molar-refractivity contribution in [1.82, 2.24) is 14.7 Å². The number of likely N-dealkylation sites (tertiary alicyclic amines) is 1. The van der Waals surface area contributed by atoms with Crippen LogP contribution in [0.1, 0.15) is 31.7 Å². The normalized spacial score (nSPS) is 24.4. The summed E-state index contributed by atoms with van der Waals surface area (Å²) in [6.45, 7) is 7.36. The van der Waals surface area contributed by atoms with E-state index < -0.39 is 5.91 Å². The second-order valence-corrected chi connectivity index (χ2v) is 7.98. The molecular weight excluding hydrogens is 356 g/mol. The number of carbonyl (C=O) groups is 2. The second kappa shape index (κ2) is 8.92. The van der Waals surface area contributed by atoms with Gasteiger partial charge in [-0.05, 0) is 44.5 Å². The maximum absolute atomic E-state index is 12.3. The molecule has 1 unspecified atom stereocenters. The maximum atomic E-state index is 12.3. The summed E-state index contributed by atoms with van der Waals surface area (Å²) < 4.78 is 5.43. The summed E-state index contributed by atoms with van der Waals surface area (Å²) in [5, 5.41) is 0. The highest BCUT2D eigenvalue weighted by molar-refractivity contribution is 5.76. The Morgan fingerprint density at radius 3 is 2.82 bits per heavy atom. The smallest absolute Gasteiger partial charge is 0.255 e. The summed E-state index contributed by atoms with van der Waals surface area (Å²) in [6, 6.07) is 7.84. The van der Waals surface area contributed by atoms with Crippen molar-refractivity contribution in [2.45, 2.75) is 38.3 Å². The first-order valence-corrected chi connectivity index (χ1v) is 10.1. The van der Waals surface area contributed by atoms with Crippen LogP contribution in [0, 0.1) is 0 Å². The number of piperazine rings is 1. The van der Waals surface area contributed by atoms with E-state index in [9.17, 15) is 9.59 Å². The van der Waals surface area contributed by atoms with Crippen LogP contribution in [0.4, 0.5) is 0 Å². The van der Waals surface area contributed by atoms with Gasteiger partial charge in [0, 0.05) is 51.2 Å². The Morgan fingerprint density at radius 2 is 2.07 bits per heavy atom.